The van der Waals surface area contributed by atoms with Crippen LogP contribution in [-0.4, -0.2) is 82.3 Å². The predicted octanol–water partition coefficient (Wildman–Crippen LogP) is 11.6. The number of carbonyl (C=O) groups is 3. The van der Waals surface area contributed by atoms with Crippen molar-refractivity contribution >= 4 is 17.9 Å². The number of ether oxygens (including phenoxy) is 4. The molecule has 0 fully saturated rings. The summed E-state index contributed by atoms with van der Waals surface area (Å²) in [6.45, 7) is 4.47. The molecular formula is C52H87NO8. The number of hydrogen-bond donors (Lipinski definition) is 0. The van der Waals surface area contributed by atoms with Crippen LogP contribution in [-0.2, 0) is 33.3 Å². The number of carboxylic acids is 1. The van der Waals surface area contributed by atoms with Crippen LogP contribution < -0.4 is 5.11 Å². The molecule has 0 rings (SSSR count). The molecule has 0 aromatic rings. The molecule has 0 saturated heterocycles. The van der Waals surface area contributed by atoms with Gasteiger partial charge in [0.1, 0.15) is 13.2 Å². The molecule has 348 valence electrons. The summed E-state index contributed by atoms with van der Waals surface area (Å²) in [6.07, 6.45) is 51.8. The van der Waals surface area contributed by atoms with Gasteiger partial charge in [-0.3, -0.25) is 9.59 Å². The molecule has 61 heavy (non-hydrogen) atoms. The van der Waals surface area contributed by atoms with E-state index in [1.165, 1.54) is 25.7 Å². The van der Waals surface area contributed by atoms with Crippen molar-refractivity contribution in [2.75, 3.05) is 47.5 Å². The number of esters is 2. The minimum Gasteiger partial charge on any atom is -0.545 e. The van der Waals surface area contributed by atoms with Crippen LogP contribution in [0.3, 0.4) is 0 Å². The summed E-state index contributed by atoms with van der Waals surface area (Å²) in [7, 11) is 5.89. The predicted molar refractivity (Wildman–Crippen MR) is 251 cm³/mol. The minimum absolute atomic E-state index is 0.138. The Labute approximate surface area is 372 Å². The van der Waals surface area contributed by atoms with E-state index < -0.39 is 24.3 Å². The molecule has 9 heteroatoms. The zero-order chi connectivity index (χ0) is 44.9. The fraction of sp³-hybridized carbons (Fsp3) is 0.673. The highest BCUT2D eigenvalue weighted by atomic mass is 16.7. The van der Waals surface area contributed by atoms with E-state index in [9.17, 15) is 19.5 Å². The van der Waals surface area contributed by atoms with Crippen LogP contribution in [0.4, 0.5) is 0 Å². The zero-order valence-corrected chi connectivity index (χ0v) is 39.2. The largest absolute Gasteiger partial charge is 0.545 e. The quantitative estimate of drug-likeness (QED) is 0.0196. The molecule has 0 spiro atoms. The third-order valence-electron chi connectivity index (χ3n) is 9.64. The first-order chi connectivity index (χ1) is 29.6. The maximum Gasteiger partial charge on any atom is 0.306 e. The highest BCUT2D eigenvalue weighted by molar-refractivity contribution is 5.70. The van der Waals surface area contributed by atoms with E-state index in [-0.39, 0.29) is 38.6 Å². The van der Waals surface area contributed by atoms with Crippen LogP contribution in [0.25, 0.3) is 0 Å². The Balaban J connectivity index is 4.44. The topological polar surface area (TPSA) is 111 Å². The number of unbranched alkanes of at least 4 members (excludes halogenated alkanes) is 13. The first-order valence-electron chi connectivity index (χ1n) is 23.7. The Hall–Kier alpha value is -3.53. The second-order valence-electron chi connectivity index (χ2n) is 16.6. The Morgan fingerprint density at radius 2 is 0.885 bits per heavy atom. The van der Waals surface area contributed by atoms with Crippen molar-refractivity contribution < 1.29 is 42.9 Å². The maximum absolute atomic E-state index is 12.8. The van der Waals surface area contributed by atoms with Crippen LogP contribution in [0.15, 0.2) is 85.1 Å². The zero-order valence-electron chi connectivity index (χ0n) is 39.2. The third kappa shape index (κ3) is 44.3. The smallest absolute Gasteiger partial charge is 0.306 e. The van der Waals surface area contributed by atoms with Crippen LogP contribution >= 0.6 is 0 Å². The van der Waals surface area contributed by atoms with Gasteiger partial charge in [0.2, 0.25) is 0 Å². The number of nitrogens with zero attached hydrogens (tertiary/aromatic N) is 1. The first kappa shape index (κ1) is 57.5. The van der Waals surface area contributed by atoms with E-state index in [1.54, 1.807) is 0 Å². The molecule has 0 heterocycles. The standard InChI is InChI=1S/C52H87NO8/c1-6-8-10-12-14-16-18-20-22-23-24-25-26-27-29-31-33-35-37-39-41-43-50(55)61-48(47-60-52(51(56)57)58-45-44-53(3,4)5)46-59-49(54)42-40-38-36-34-32-30-28-21-19-17-15-13-11-9-7-2/h8-11,14-17,20-22,24-25,28,48,52H,6-7,12-13,18-19,23,26-27,29-47H2,1-5H3/b10-8-,11-9-,16-14-,17-15-,22-20-,25-24-,28-21-. The van der Waals surface area contributed by atoms with Crippen molar-refractivity contribution in [1.29, 1.82) is 0 Å². The summed E-state index contributed by atoms with van der Waals surface area (Å²) in [4.78, 5) is 37.1. The first-order valence-corrected chi connectivity index (χ1v) is 23.7. The number of aliphatic carboxylic acids is 1. The van der Waals surface area contributed by atoms with Crippen LogP contribution in [0.5, 0.6) is 0 Å². The van der Waals surface area contributed by atoms with E-state index in [4.69, 9.17) is 18.9 Å². The van der Waals surface area contributed by atoms with Gasteiger partial charge in [0.05, 0.1) is 40.3 Å². The lowest BCUT2D eigenvalue weighted by molar-refractivity contribution is -0.870. The Kier molecular flexibility index (Phi) is 40.6. The minimum atomic E-state index is -1.63. The number of allylic oxidation sites excluding steroid dienone is 14. The second kappa shape index (κ2) is 43.1. The lowest BCUT2D eigenvalue weighted by Gasteiger charge is -2.26. The van der Waals surface area contributed by atoms with Gasteiger partial charge in [-0.2, -0.15) is 0 Å². The van der Waals surface area contributed by atoms with Gasteiger partial charge in [-0.05, 0) is 83.5 Å². The number of carboxylic acid groups (broad SMARTS) is 1. The molecule has 0 amide bonds. The van der Waals surface area contributed by atoms with Gasteiger partial charge >= 0.3 is 11.9 Å². The molecule has 9 nitrogen and oxygen atoms in total. The monoisotopic (exact) mass is 854 g/mol. The molecule has 0 saturated carbocycles. The van der Waals surface area contributed by atoms with E-state index >= 15 is 0 Å². The normalized spacial score (nSPS) is 13.7. The Morgan fingerprint density at radius 1 is 0.492 bits per heavy atom. The summed E-state index contributed by atoms with van der Waals surface area (Å²) < 4.78 is 22.6. The van der Waals surface area contributed by atoms with Gasteiger partial charge in [-0.1, -0.05) is 157 Å². The van der Waals surface area contributed by atoms with E-state index in [0.717, 1.165) is 103 Å². The van der Waals surface area contributed by atoms with E-state index in [2.05, 4.69) is 98.9 Å². The molecule has 2 unspecified atom stereocenters. The van der Waals surface area contributed by atoms with Crippen LogP contribution in [0, 0.1) is 0 Å². The molecule has 0 aliphatic heterocycles. The average Bonchev–Trinajstić information content (AvgIpc) is 3.22. The van der Waals surface area contributed by atoms with Crippen LogP contribution in [0.2, 0.25) is 0 Å². The van der Waals surface area contributed by atoms with Crippen molar-refractivity contribution in [3.05, 3.63) is 85.1 Å². The number of rotatable bonds is 42. The van der Waals surface area contributed by atoms with Gasteiger partial charge < -0.3 is 33.3 Å². The van der Waals surface area contributed by atoms with Crippen molar-refractivity contribution in [3.8, 4) is 0 Å². The lowest BCUT2D eigenvalue weighted by Crippen LogP contribution is -2.44. The molecule has 0 aliphatic carbocycles. The highest BCUT2D eigenvalue weighted by Gasteiger charge is 2.21. The number of carbonyl (C=O) groups excluding carboxylic acids is 3. The van der Waals surface area contributed by atoms with Crippen molar-refractivity contribution in [1.82, 2.24) is 0 Å². The SMILES string of the molecule is CC/C=C\C/C=C\C/C=C\C/C=C\CCCCCCCCCCC(=O)OC(COC(=O)CCCCCCC/C=C\C/C=C\C/C=C\CC)COC(OCC[N+](C)(C)C)C(=O)[O-]. The van der Waals surface area contributed by atoms with Gasteiger partial charge in [-0.15, -0.1) is 0 Å². The lowest BCUT2D eigenvalue weighted by atomic mass is 10.1. The highest BCUT2D eigenvalue weighted by Crippen LogP contribution is 2.13. The average molecular weight is 854 g/mol. The Bertz CT molecular complexity index is 1270. The molecule has 0 radical (unpaired) electrons. The summed E-state index contributed by atoms with van der Waals surface area (Å²) in [6, 6.07) is 0. The third-order valence-corrected chi connectivity index (χ3v) is 9.64. The van der Waals surface area contributed by atoms with Gasteiger partial charge in [-0.25, -0.2) is 0 Å². The molecule has 0 aromatic heterocycles. The van der Waals surface area contributed by atoms with Gasteiger partial charge in [0.25, 0.3) is 0 Å². The van der Waals surface area contributed by atoms with Crippen LogP contribution in [0.1, 0.15) is 168 Å². The fourth-order valence-corrected chi connectivity index (χ4v) is 6.01. The van der Waals surface area contributed by atoms with Gasteiger partial charge in [0, 0.05) is 12.8 Å². The van der Waals surface area contributed by atoms with E-state index in [1.807, 2.05) is 21.1 Å². The molecule has 2 atom stereocenters. The molecule has 0 aliphatic rings. The summed E-state index contributed by atoms with van der Waals surface area (Å²) >= 11 is 0. The van der Waals surface area contributed by atoms with Crippen molar-refractivity contribution in [2.45, 2.75) is 180 Å². The molecule has 0 N–H and O–H groups in total. The maximum atomic E-state index is 12.8. The summed E-state index contributed by atoms with van der Waals surface area (Å²) in [5.74, 6) is -2.33. The Morgan fingerprint density at radius 3 is 1.31 bits per heavy atom. The molecular weight excluding hydrogens is 767 g/mol. The molecule has 0 aromatic carbocycles. The number of quaternary nitrogens is 1. The second-order valence-corrected chi connectivity index (χ2v) is 16.6. The summed E-state index contributed by atoms with van der Waals surface area (Å²) in [5.41, 5.74) is 0. The van der Waals surface area contributed by atoms with Crippen molar-refractivity contribution in [3.63, 3.8) is 0 Å². The van der Waals surface area contributed by atoms with Gasteiger partial charge in [0.15, 0.2) is 12.4 Å². The fourth-order valence-electron chi connectivity index (χ4n) is 6.01. The number of hydrogen-bond acceptors (Lipinski definition) is 8. The molecule has 0 bridgehead atoms. The van der Waals surface area contributed by atoms with E-state index in [0.29, 0.717) is 23.9 Å². The number of likely N-dealkylation sites (N-methyl/N-ethyl adjacent to an activating group) is 1. The summed E-state index contributed by atoms with van der Waals surface area (Å²) in [5, 5.41) is 11.7. The van der Waals surface area contributed by atoms with Crippen molar-refractivity contribution in [2.24, 2.45) is 0 Å².